The molecule has 0 radical (unpaired) electrons. The highest BCUT2D eigenvalue weighted by Crippen LogP contribution is 2.32. The van der Waals surface area contributed by atoms with E-state index in [4.69, 9.17) is 10.5 Å². The minimum absolute atomic E-state index is 0.108. The van der Waals surface area contributed by atoms with Gasteiger partial charge in [0, 0.05) is 12.1 Å². The molecule has 94 valence electrons. The summed E-state index contributed by atoms with van der Waals surface area (Å²) in [6, 6.07) is 3.94. The van der Waals surface area contributed by atoms with Crippen molar-refractivity contribution in [3.05, 3.63) is 23.8 Å². The third-order valence-corrected chi connectivity index (χ3v) is 2.30. The van der Waals surface area contributed by atoms with Crippen LogP contribution in [0.1, 0.15) is 18.4 Å². The molecule has 2 N–H and O–H groups in total. The first-order chi connectivity index (χ1) is 7.98. The number of halogens is 3. The predicted octanol–water partition coefficient (Wildman–Crippen LogP) is 2.59. The summed E-state index contributed by atoms with van der Waals surface area (Å²) < 4.78 is 45.4. The van der Waals surface area contributed by atoms with Crippen LogP contribution < -0.4 is 15.2 Å². The van der Waals surface area contributed by atoms with Crippen molar-refractivity contribution in [3.63, 3.8) is 0 Å². The summed E-state index contributed by atoms with van der Waals surface area (Å²) >= 11 is 0. The Morgan fingerprint density at radius 1 is 1.29 bits per heavy atom. The maximum absolute atomic E-state index is 12.0. The molecule has 0 amide bonds. The first-order valence-corrected chi connectivity index (χ1v) is 5.23. The molecule has 1 saturated carbocycles. The zero-order chi connectivity index (χ0) is 12.5. The molecule has 1 aromatic rings. The lowest BCUT2D eigenvalue weighted by Crippen LogP contribution is -2.17. The fourth-order valence-corrected chi connectivity index (χ4v) is 1.39. The number of hydrogen-bond acceptors (Lipinski definition) is 3. The molecule has 1 aromatic carbocycles. The van der Waals surface area contributed by atoms with E-state index >= 15 is 0 Å². The number of alkyl halides is 3. The fourth-order valence-electron chi connectivity index (χ4n) is 1.39. The van der Waals surface area contributed by atoms with Crippen LogP contribution in [0.4, 0.5) is 13.2 Å². The van der Waals surface area contributed by atoms with Gasteiger partial charge in [-0.1, -0.05) is 0 Å². The average molecular weight is 247 g/mol. The quantitative estimate of drug-likeness (QED) is 0.889. The van der Waals surface area contributed by atoms with E-state index in [2.05, 4.69) is 4.74 Å². The van der Waals surface area contributed by atoms with Crippen LogP contribution in [0.15, 0.2) is 18.2 Å². The number of ether oxygens (including phenoxy) is 2. The molecule has 1 aliphatic rings. The average Bonchev–Trinajstić information content (AvgIpc) is 3.02. The minimum Gasteiger partial charge on any atom is -0.490 e. The van der Waals surface area contributed by atoms with E-state index in [9.17, 15) is 13.2 Å². The Balaban J connectivity index is 2.14. The summed E-state index contributed by atoms with van der Waals surface area (Å²) in [4.78, 5) is 0. The van der Waals surface area contributed by atoms with Gasteiger partial charge >= 0.3 is 6.36 Å². The highest BCUT2D eigenvalue weighted by atomic mass is 19.4. The first-order valence-electron chi connectivity index (χ1n) is 5.23. The lowest BCUT2D eigenvalue weighted by molar-refractivity contribution is -0.274. The minimum atomic E-state index is -4.69. The Bertz CT molecular complexity index is 402. The standard InChI is InChI=1S/C11H12F3NO2/c12-11(13,14)17-9-3-4-10(7(5-9)6-15)16-8-1-2-8/h3-5,8H,1-2,6,15H2. The predicted molar refractivity (Wildman–Crippen MR) is 54.7 cm³/mol. The molecular weight excluding hydrogens is 235 g/mol. The number of benzene rings is 1. The highest BCUT2D eigenvalue weighted by molar-refractivity contribution is 5.40. The second kappa shape index (κ2) is 4.44. The van der Waals surface area contributed by atoms with Crippen molar-refractivity contribution in [2.75, 3.05) is 0 Å². The van der Waals surface area contributed by atoms with Crippen LogP contribution in [0, 0.1) is 0 Å². The van der Waals surface area contributed by atoms with E-state index in [1.165, 1.54) is 18.2 Å². The Labute approximate surface area is 96.3 Å². The van der Waals surface area contributed by atoms with Gasteiger partial charge in [-0.15, -0.1) is 13.2 Å². The maximum atomic E-state index is 12.0. The summed E-state index contributed by atoms with van der Waals surface area (Å²) in [5.41, 5.74) is 5.98. The van der Waals surface area contributed by atoms with Crippen LogP contribution in [0.5, 0.6) is 11.5 Å². The Morgan fingerprint density at radius 2 is 2.00 bits per heavy atom. The second-order valence-electron chi connectivity index (χ2n) is 3.84. The molecular formula is C11H12F3NO2. The second-order valence-corrected chi connectivity index (χ2v) is 3.84. The molecule has 0 aliphatic heterocycles. The van der Waals surface area contributed by atoms with Gasteiger partial charge in [0.15, 0.2) is 0 Å². The SMILES string of the molecule is NCc1cc(OC(F)(F)F)ccc1OC1CC1. The van der Waals surface area contributed by atoms with Crippen LogP contribution >= 0.6 is 0 Å². The highest BCUT2D eigenvalue weighted by Gasteiger charge is 2.31. The Kier molecular flexibility index (Phi) is 3.15. The molecule has 0 heterocycles. The van der Waals surface area contributed by atoms with Crippen molar-refractivity contribution >= 4 is 0 Å². The molecule has 0 saturated heterocycles. The first kappa shape index (κ1) is 12.0. The van der Waals surface area contributed by atoms with Gasteiger partial charge in [0.05, 0.1) is 6.10 Å². The van der Waals surface area contributed by atoms with Gasteiger partial charge in [-0.3, -0.25) is 0 Å². The summed E-state index contributed by atoms with van der Waals surface area (Å²) in [6.45, 7) is 0.108. The largest absolute Gasteiger partial charge is 0.573 e. The van der Waals surface area contributed by atoms with Gasteiger partial charge in [-0.2, -0.15) is 0 Å². The molecule has 0 atom stereocenters. The molecule has 0 bridgehead atoms. The van der Waals surface area contributed by atoms with Crippen molar-refractivity contribution in [3.8, 4) is 11.5 Å². The van der Waals surface area contributed by atoms with Crippen molar-refractivity contribution in [2.45, 2.75) is 31.9 Å². The van der Waals surface area contributed by atoms with Crippen molar-refractivity contribution in [1.29, 1.82) is 0 Å². The third kappa shape index (κ3) is 3.52. The smallest absolute Gasteiger partial charge is 0.490 e. The Morgan fingerprint density at radius 3 is 2.53 bits per heavy atom. The Hall–Kier alpha value is -1.43. The molecule has 6 heteroatoms. The van der Waals surface area contributed by atoms with Crippen molar-refractivity contribution in [2.24, 2.45) is 5.73 Å². The van der Waals surface area contributed by atoms with E-state index < -0.39 is 6.36 Å². The number of hydrogen-bond donors (Lipinski definition) is 1. The summed E-state index contributed by atoms with van der Waals surface area (Å²) in [5.74, 6) is 0.255. The van der Waals surface area contributed by atoms with Gasteiger partial charge < -0.3 is 15.2 Å². The number of rotatable bonds is 4. The van der Waals surface area contributed by atoms with E-state index in [0.717, 1.165) is 12.8 Å². The molecule has 2 rings (SSSR count). The molecule has 1 aliphatic carbocycles. The van der Waals surface area contributed by atoms with E-state index in [1.807, 2.05) is 0 Å². The van der Waals surface area contributed by atoms with Crippen LogP contribution in [0.3, 0.4) is 0 Å². The summed E-state index contributed by atoms with van der Waals surface area (Å²) in [6.07, 6.45) is -2.56. The van der Waals surface area contributed by atoms with Crippen molar-refractivity contribution in [1.82, 2.24) is 0 Å². The molecule has 17 heavy (non-hydrogen) atoms. The van der Waals surface area contributed by atoms with E-state index in [0.29, 0.717) is 11.3 Å². The fraction of sp³-hybridized carbons (Fsp3) is 0.455. The van der Waals surface area contributed by atoms with Crippen LogP contribution in [0.2, 0.25) is 0 Å². The molecule has 0 spiro atoms. The lowest BCUT2D eigenvalue weighted by Gasteiger charge is -2.13. The molecule has 3 nitrogen and oxygen atoms in total. The van der Waals surface area contributed by atoms with E-state index in [1.54, 1.807) is 0 Å². The van der Waals surface area contributed by atoms with Crippen LogP contribution in [-0.4, -0.2) is 12.5 Å². The number of nitrogens with two attached hydrogens (primary N) is 1. The molecule has 0 aromatic heterocycles. The van der Waals surface area contributed by atoms with Gasteiger partial charge in [0.1, 0.15) is 11.5 Å². The van der Waals surface area contributed by atoms with Crippen LogP contribution in [-0.2, 0) is 6.54 Å². The summed E-state index contributed by atoms with van der Waals surface area (Å²) in [7, 11) is 0. The molecule has 0 unspecified atom stereocenters. The monoisotopic (exact) mass is 247 g/mol. The van der Waals surface area contributed by atoms with Gasteiger partial charge in [-0.25, -0.2) is 0 Å². The van der Waals surface area contributed by atoms with Gasteiger partial charge in [-0.05, 0) is 31.0 Å². The topological polar surface area (TPSA) is 44.5 Å². The molecule has 1 fully saturated rings. The zero-order valence-corrected chi connectivity index (χ0v) is 8.96. The van der Waals surface area contributed by atoms with Gasteiger partial charge in [0.2, 0.25) is 0 Å². The normalized spacial score (nSPS) is 15.8. The van der Waals surface area contributed by atoms with Gasteiger partial charge in [0.25, 0.3) is 0 Å². The third-order valence-electron chi connectivity index (χ3n) is 2.30. The van der Waals surface area contributed by atoms with Crippen LogP contribution in [0.25, 0.3) is 0 Å². The van der Waals surface area contributed by atoms with Crippen molar-refractivity contribution < 1.29 is 22.6 Å². The zero-order valence-electron chi connectivity index (χ0n) is 8.96. The van der Waals surface area contributed by atoms with E-state index in [-0.39, 0.29) is 18.4 Å². The maximum Gasteiger partial charge on any atom is 0.573 e. The lowest BCUT2D eigenvalue weighted by atomic mass is 10.2. The summed E-state index contributed by atoms with van der Waals surface area (Å²) in [5, 5.41) is 0.